The van der Waals surface area contributed by atoms with E-state index in [1.165, 1.54) is 27.1 Å². The maximum absolute atomic E-state index is 6.52. The largest absolute Gasteiger partial charge is 0.509 e. The van der Waals surface area contributed by atoms with Gasteiger partial charge in [-0.2, -0.15) is 12.1 Å². The molecule has 7 heteroatoms. The van der Waals surface area contributed by atoms with Crippen LogP contribution in [0.2, 0.25) is 0 Å². The number of hydrogen-bond donors (Lipinski definition) is 0. The number of benzene rings is 6. The molecule has 266 valence electrons. The molecule has 4 heterocycles. The van der Waals surface area contributed by atoms with Crippen LogP contribution in [0.25, 0.3) is 49.2 Å². The summed E-state index contributed by atoms with van der Waals surface area (Å²) >= 11 is 0. The summed E-state index contributed by atoms with van der Waals surface area (Å²) in [5.74, 6) is 2.89. The maximum atomic E-state index is 6.52. The maximum Gasteiger partial charge on any atom is 0.135 e. The molecule has 0 radical (unpaired) electrons. The fraction of sp³-hybridized carbons (Fsp3) is 0.0851. The molecule has 9 aromatic rings. The Morgan fingerprint density at radius 3 is 2.28 bits per heavy atom. The summed E-state index contributed by atoms with van der Waals surface area (Å²) in [6.45, 7) is 8.74. The van der Waals surface area contributed by atoms with Crippen molar-refractivity contribution in [2.75, 3.05) is 9.80 Å². The van der Waals surface area contributed by atoms with E-state index in [9.17, 15) is 0 Å². The first kappa shape index (κ1) is 33.8. The molecule has 1 aliphatic rings. The van der Waals surface area contributed by atoms with Gasteiger partial charge in [0.1, 0.15) is 11.6 Å². The molecule has 0 N–H and O–H groups in total. The zero-order valence-corrected chi connectivity index (χ0v) is 32.2. The molecule has 0 aliphatic carbocycles. The summed E-state index contributed by atoms with van der Waals surface area (Å²) in [5.41, 5.74) is 6.01. The number of hydrogen-bond acceptors (Lipinski definition) is 5. The van der Waals surface area contributed by atoms with Crippen LogP contribution in [0.3, 0.4) is 0 Å². The van der Waals surface area contributed by atoms with Crippen molar-refractivity contribution in [2.45, 2.75) is 26.2 Å². The Hall–Kier alpha value is -5.97. The Labute approximate surface area is 328 Å². The molecule has 0 atom stereocenters. The van der Waals surface area contributed by atoms with Gasteiger partial charge in [0.15, 0.2) is 0 Å². The third-order valence-electron chi connectivity index (χ3n) is 10.1. The molecular weight excluding hydrogens is 846 g/mol. The number of fused-ring (bicyclic) bond motifs is 7. The molecule has 0 saturated carbocycles. The minimum atomic E-state index is -0.0134. The van der Waals surface area contributed by atoms with Gasteiger partial charge in [-0.15, -0.1) is 48.1 Å². The number of para-hydroxylation sites is 1. The second-order valence-corrected chi connectivity index (χ2v) is 14.5. The fourth-order valence-corrected chi connectivity index (χ4v) is 7.46. The predicted octanol–water partition coefficient (Wildman–Crippen LogP) is 12.0. The van der Waals surface area contributed by atoms with Crippen LogP contribution in [-0.4, -0.2) is 14.5 Å². The van der Waals surface area contributed by atoms with Crippen molar-refractivity contribution >= 4 is 66.2 Å². The topological polar surface area (TPSA) is 46.4 Å². The molecule has 1 aliphatic heterocycles. The van der Waals surface area contributed by atoms with E-state index in [1.807, 2.05) is 42.7 Å². The third-order valence-corrected chi connectivity index (χ3v) is 10.1. The van der Waals surface area contributed by atoms with Crippen LogP contribution in [0.1, 0.15) is 26.3 Å². The first-order valence-corrected chi connectivity index (χ1v) is 17.8. The zero-order chi connectivity index (χ0) is 35.7. The molecule has 0 bridgehead atoms. The minimum absolute atomic E-state index is 0. The molecule has 10 rings (SSSR count). The number of aromatic nitrogens is 3. The van der Waals surface area contributed by atoms with E-state index in [-0.39, 0.29) is 26.5 Å². The first-order valence-electron chi connectivity index (χ1n) is 17.8. The summed E-state index contributed by atoms with van der Waals surface area (Å²) in [6, 6.07) is 53.4. The van der Waals surface area contributed by atoms with Gasteiger partial charge >= 0.3 is 0 Å². The molecule has 3 aromatic heterocycles. The van der Waals surface area contributed by atoms with Crippen molar-refractivity contribution in [2.24, 2.45) is 0 Å². The number of ether oxygens (including phenoxy) is 1. The van der Waals surface area contributed by atoms with E-state index in [0.717, 1.165) is 50.5 Å². The van der Waals surface area contributed by atoms with Crippen molar-refractivity contribution in [1.82, 2.24) is 14.5 Å². The van der Waals surface area contributed by atoms with Crippen LogP contribution in [-0.2, 0) is 26.5 Å². The van der Waals surface area contributed by atoms with Crippen molar-refractivity contribution < 1.29 is 25.8 Å². The summed E-state index contributed by atoms with van der Waals surface area (Å²) in [6.07, 6.45) is 3.73. The van der Waals surface area contributed by atoms with Gasteiger partial charge in [-0.05, 0) is 80.4 Å². The number of rotatable bonds is 5. The molecule has 0 fully saturated rings. The minimum Gasteiger partial charge on any atom is -0.509 e. The van der Waals surface area contributed by atoms with Gasteiger partial charge in [-0.3, -0.25) is 0 Å². The first-order chi connectivity index (χ1) is 25.9. The number of pyridine rings is 2. The third kappa shape index (κ3) is 5.69. The van der Waals surface area contributed by atoms with Crippen LogP contribution >= 0.6 is 0 Å². The Kier molecular flexibility index (Phi) is 8.24. The molecule has 6 aromatic carbocycles. The summed E-state index contributed by atoms with van der Waals surface area (Å²) in [5, 5.41) is 7.12. The summed E-state index contributed by atoms with van der Waals surface area (Å²) < 4.78 is 8.70. The molecular formula is C47H34N5OPt-3. The second-order valence-electron chi connectivity index (χ2n) is 14.5. The molecule has 0 saturated heterocycles. The van der Waals surface area contributed by atoms with Crippen molar-refractivity contribution in [3.63, 3.8) is 0 Å². The fourth-order valence-electron chi connectivity index (χ4n) is 7.46. The van der Waals surface area contributed by atoms with Gasteiger partial charge < -0.3 is 19.1 Å². The van der Waals surface area contributed by atoms with Crippen LogP contribution in [0.5, 0.6) is 11.5 Å². The summed E-state index contributed by atoms with van der Waals surface area (Å²) in [4.78, 5) is 13.9. The van der Waals surface area contributed by atoms with Gasteiger partial charge in [-0.25, -0.2) is 9.97 Å². The molecule has 0 amide bonds. The molecule has 0 unspecified atom stereocenters. The SMILES string of the molecule is CC(C)(C)c1ccnc(-n2c3[c-]c(Oc4[c-]c(N5[CH-]N(c6ccc7c(ccc8ccccc87)c6)c6ncccc65)ccc4)ccc3c3ccccc32)c1.[Pt]. The van der Waals surface area contributed by atoms with E-state index in [1.54, 1.807) is 0 Å². The van der Waals surface area contributed by atoms with Crippen LogP contribution < -0.4 is 14.5 Å². The average Bonchev–Trinajstić information content (AvgIpc) is 3.74. The van der Waals surface area contributed by atoms with E-state index in [0.29, 0.717) is 11.5 Å². The van der Waals surface area contributed by atoms with Crippen LogP contribution in [0.4, 0.5) is 22.9 Å². The Morgan fingerprint density at radius 1 is 0.611 bits per heavy atom. The van der Waals surface area contributed by atoms with Crippen LogP contribution in [0, 0.1) is 18.8 Å². The average molecular weight is 880 g/mol. The molecule has 6 nitrogen and oxygen atoms in total. The smallest absolute Gasteiger partial charge is 0.135 e. The van der Waals surface area contributed by atoms with Gasteiger partial charge in [0.05, 0.1) is 5.69 Å². The van der Waals surface area contributed by atoms with Gasteiger partial charge in [-0.1, -0.05) is 87.0 Å². The quantitative estimate of drug-likeness (QED) is 0.127. The van der Waals surface area contributed by atoms with E-state index < -0.39 is 0 Å². The van der Waals surface area contributed by atoms with E-state index >= 15 is 0 Å². The van der Waals surface area contributed by atoms with E-state index in [2.05, 4.69) is 157 Å². The normalized spacial score (nSPS) is 12.8. The predicted molar refractivity (Wildman–Crippen MR) is 216 cm³/mol. The monoisotopic (exact) mass is 879 g/mol. The number of nitrogens with zero attached hydrogens (tertiary/aromatic N) is 5. The summed E-state index contributed by atoms with van der Waals surface area (Å²) in [7, 11) is 0. The van der Waals surface area contributed by atoms with Crippen molar-refractivity contribution in [3.05, 3.63) is 170 Å². The molecule has 0 spiro atoms. The zero-order valence-electron chi connectivity index (χ0n) is 29.9. The van der Waals surface area contributed by atoms with Gasteiger partial charge in [0.25, 0.3) is 0 Å². The Balaban J connectivity index is 0.00000384. The van der Waals surface area contributed by atoms with E-state index in [4.69, 9.17) is 14.7 Å². The van der Waals surface area contributed by atoms with Crippen molar-refractivity contribution in [3.8, 4) is 17.3 Å². The standard InChI is InChI=1S/C47H34N5O.Pt/c1-47(2,3)33-23-25-48-45(27-33)52-42-15-7-6-14-40(42)41-22-20-37(29-44(41)52)53-36-12-8-11-34(28-36)50-30-51(46-43(50)16-9-24-49-46)35-19-21-39-32(26-35)18-17-31-10-4-5-13-38(31)39;/h4-27,30H,1-3H3;/q-3;. The van der Waals surface area contributed by atoms with Crippen molar-refractivity contribution in [1.29, 1.82) is 0 Å². The Bertz CT molecular complexity index is 2870. The molecule has 54 heavy (non-hydrogen) atoms. The second kappa shape index (κ2) is 13.2. The Morgan fingerprint density at radius 2 is 1.39 bits per heavy atom. The van der Waals surface area contributed by atoms with Gasteiger partial charge in [0, 0.05) is 56.2 Å². The van der Waals surface area contributed by atoms with Crippen LogP contribution in [0.15, 0.2) is 146 Å². The number of anilines is 4. The van der Waals surface area contributed by atoms with Gasteiger partial charge in [0.2, 0.25) is 0 Å².